The molecular weight excluding hydrogens is 192 g/mol. The lowest BCUT2D eigenvalue weighted by atomic mass is 10.1. The van der Waals surface area contributed by atoms with E-state index in [1.54, 1.807) is 6.08 Å². The fraction of sp³-hybridized carbons (Fsp3) is 0.667. The number of carbonyl (C=O) groups is 2. The summed E-state index contributed by atoms with van der Waals surface area (Å²) in [5.74, 6) is -1.13. The molecule has 0 aromatic carbocycles. The summed E-state index contributed by atoms with van der Waals surface area (Å²) in [7, 11) is 0. The zero-order chi connectivity index (χ0) is 11.1. The van der Waals surface area contributed by atoms with Crippen LogP contribution in [0.1, 0.15) is 45.4 Å². The lowest BCUT2D eigenvalue weighted by Gasteiger charge is -1.96. The van der Waals surface area contributed by atoms with E-state index < -0.39 is 11.9 Å². The lowest BCUT2D eigenvalue weighted by molar-refractivity contribution is -0.152. The summed E-state index contributed by atoms with van der Waals surface area (Å²) in [4.78, 5) is 21.8. The van der Waals surface area contributed by atoms with Crippen molar-refractivity contribution in [3.05, 3.63) is 12.2 Å². The summed E-state index contributed by atoms with van der Waals surface area (Å²) in [5, 5.41) is 0. The van der Waals surface area contributed by atoms with Crippen LogP contribution in [-0.2, 0) is 14.3 Å². The van der Waals surface area contributed by atoms with Crippen molar-refractivity contribution in [2.75, 3.05) is 0 Å². The molecule has 0 bridgehead atoms. The molecule has 0 radical (unpaired) electrons. The van der Waals surface area contributed by atoms with Gasteiger partial charge in [-0.3, -0.25) is 9.59 Å². The Morgan fingerprint density at radius 3 is 2.73 bits per heavy atom. The fourth-order valence-electron chi connectivity index (χ4n) is 1.59. The van der Waals surface area contributed by atoms with Gasteiger partial charge in [0, 0.05) is 0 Å². The third kappa shape index (κ3) is 4.28. The van der Waals surface area contributed by atoms with E-state index >= 15 is 0 Å². The van der Waals surface area contributed by atoms with Crippen molar-refractivity contribution in [3.8, 4) is 0 Å². The van der Waals surface area contributed by atoms with Gasteiger partial charge >= 0.3 is 11.9 Å². The molecular formula is C12H18O3. The van der Waals surface area contributed by atoms with Crippen LogP contribution < -0.4 is 0 Å². The van der Waals surface area contributed by atoms with Gasteiger partial charge in [-0.25, -0.2) is 0 Å². The van der Waals surface area contributed by atoms with Crippen LogP contribution in [0.25, 0.3) is 0 Å². The minimum Gasteiger partial charge on any atom is -0.393 e. The molecule has 1 heterocycles. The molecule has 0 aromatic rings. The maximum absolute atomic E-state index is 11.1. The van der Waals surface area contributed by atoms with Gasteiger partial charge in [0.15, 0.2) is 0 Å². The third-order valence-corrected chi connectivity index (χ3v) is 2.50. The SMILES string of the molecule is CCCCCCC=CC1CC(=O)OC1=O. The predicted octanol–water partition coefficient (Wildman–Crippen LogP) is 2.60. The number of ether oxygens (including phenoxy) is 1. The number of esters is 2. The van der Waals surface area contributed by atoms with E-state index in [-0.39, 0.29) is 12.3 Å². The van der Waals surface area contributed by atoms with E-state index in [0.717, 1.165) is 12.8 Å². The maximum Gasteiger partial charge on any atom is 0.321 e. The Balaban J connectivity index is 2.15. The molecule has 1 fully saturated rings. The Kier molecular flexibility index (Phi) is 5.08. The molecule has 0 spiro atoms. The highest BCUT2D eigenvalue weighted by Gasteiger charge is 2.30. The smallest absolute Gasteiger partial charge is 0.321 e. The summed E-state index contributed by atoms with van der Waals surface area (Å²) in [6.07, 6.45) is 9.86. The van der Waals surface area contributed by atoms with Crippen molar-refractivity contribution in [2.45, 2.75) is 45.4 Å². The van der Waals surface area contributed by atoms with Crippen LogP contribution >= 0.6 is 0 Å². The van der Waals surface area contributed by atoms with Crippen molar-refractivity contribution >= 4 is 11.9 Å². The highest BCUT2D eigenvalue weighted by atomic mass is 16.6. The van der Waals surface area contributed by atoms with Gasteiger partial charge in [0.2, 0.25) is 0 Å². The number of rotatable bonds is 6. The first-order chi connectivity index (χ1) is 7.24. The first kappa shape index (κ1) is 12.0. The Morgan fingerprint density at radius 1 is 1.33 bits per heavy atom. The Morgan fingerprint density at radius 2 is 2.13 bits per heavy atom. The van der Waals surface area contributed by atoms with E-state index in [9.17, 15) is 9.59 Å². The van der Waals surface area contributed by atoms with Crippen LogP contribution in [0.4, 0.5) is 0 Å². The average Bonchev–Trinajstić information content (AvgIpc) is 2.51. The van der Waals surface area contributed by atoms with Gasteiger partial charge in [-0.05, 0) is 12.8 Å². The van der Waals surface area contributed by atoms with E-state index in [0.29, 0.717) is 0 Å². The quantitative estimate of drug-likeness (QED) is 0.293. The van der Waals surface area contributed by atoms with Crippen LogP contribution in [0.5, 0.6) is 0 Å². The fourth-order valence-corrected chi connectivity index (χ4v) is 1.59. The molecule has 1 aliphatic heterocycles. The summed E-state index contributed by atoms with van der Waals surface area (Å²) < 4.78 is 4.44. The summed E-state index contributed by atoms with van der Waals surface area (Å²) in [6.45, 7) is 2.18. The molecule has 1 saturated heterocycles. The van der Waals surface area contributed by atoms with E-state index in [4.69, 9.17) is 0 Å². The molecule has 0 N–H and O–H groups in total. The van der Waals surface area contributed by atoms with Crippen molar-refractivity contribution in [2.24, 2.45) is 5.92 Å². The second kappa shape index (κ2) is 6.38. The van der Waals surface area contributed by atoms with Crippen molar-refractivity contribution < 1.29 is 14.3 Å². The van der Waals surface area contributed by atoms with Gasteiger partial charge < -0.3 is 4.74 Å². The number of carbonyl (C=O) groups excluding carboxylic acids is 2. The molecule has 1 aliphatic rings. The number of unbranched alkanes of at least 4 members (excludes halogenated alkanes) is 4. The van der Waals surface area contributed by atoms with Crippen LogP contribution in [0, 0.1) is 5.92 Å². The minimum absolute atomic E-state index is 0.213. The van der Waals surface area contributed by atoms with Crippen molar-refractivity contribution in [1.29, 1.82) is 0 Å². The topological polar surface area (TPSA) is 43.4 Å². The zero-order valence-electron chi connectivity index (χ0n) is 9.20. The number of allylic oxidation sites excluding steroid dienone is 1. The first-order valence-corrected chi connectivity index (χ1v) is 5.65. The van der Waals surface area contributed by atoms with Gasteiger partial charge in [-0.15, -0.1) is 0 Å². The van der Waals surface area contributed by atoms with Crippen LogP contribution in [0.3, 0.4) is 0 Å². The largest absolute Gasteiger partial charge is 0.393 e. The van der Waals surface area contributed by atoms with Gasteiger partial charge in [-0.1, -0.05) is 38.3 Å². The monoisotopic (exact) mass is 210 g/mol. The highest BCUT2D eigenvalue weighted by Crippen LogP contribution is 2.17. The summed E-state index contributed by atoms with van der Waals surface area (Å²) in [5.41, 5.74) is 0. The van der Waals surface area contributed by atoms with E-state index in [1.807, 2.05) is 6.08 Å². The second-order valence-corrected chi connectivity index (χ2v) is 3.88. The Labute approximate surface area is 90.5 Å². The highest BCUT2D eigenvalue weighted by molar-refractivity contribution is 5.95. The van der Waals surface area contributed by atoms with E-state index in [2.05, 4.69) is 11.7 Å². The van der Waals surface area contributed by atoms with Crippen molar-refractivity contribution in [3.63, 3.8) is 0 Å². The molecule has 15 heavy (non-hydrogen) atoms. The zero-order valence-corrected chi connectivity index (χ0v) is 9.20. The standard InChI is InChI=1S/C12H18O3/c1-2-3-4-5-6-7-8-10-9-11(13)15-12(10)14/h7-8,10H,2-6,9H2,1H3. The molecule has 1 atom stereocenters. The predicted molar refractivity (Wildman–Crippen MR) is 57.1 cm³/mol. The van der Waals surface area contributed by atoms with Crippen LogP contribution in [0.2, 0.25) is 0 Å². The first-order valence-electron chi connectivity index (χ1n) is 5.65. The molecule has 0 saturated carbocycles. The molecule has 1 unspecified atom stereocenters. The van der Waals surface area contributed by atoms with Gasteiger partial charge in [-0.2, -0.15) is 0 Å². The molecule has 84 valence electrons. The normalized spacial score (nSPS) is 21.3. The van der Waals surface area contributed by atoms with Gasteiger partial charge in [0.1, 0.15) is 0 Å². The van der Waals surface area contributed by atoms with E-state index in [1.165, 1.54) is 19.3 Å². The minimum atomic E-state index is -0.402. The van der Waals surface area contributed by atoms with Crippen molar-refractivity contribution in [1.82, 2.24) is 0 Å². The molecule has 0 aromatic heterocycles. The Bertz CT molecular complexity index is 256. The molecule has 0 aliphatic carbocycles. The van der Waals surface area contributed by atoms with Gasteiger partial charge in [0.25, 0.3) is 0 Å². The van der Waals surface area contributed by atoms with Gasteiger partial charge in [0.05, 0.1) is 12.3 Å². The molecule has 0 amide bonds. The summed E-state index contributed by atoms with van der Waals surface area (Å²) >= 11 is 0. The van der Waals surface area contributed by atoms with Crippen LogP contribution in [0.15, 0.2) is 12.2 Å². The maximum atomic E-state index is 11.1. The molecule has 3 heteroatoms. The van der Waals surface area contributed by atoms with Crippen LogP contribution in [-0.4, -0.2) is 11.9 Å². The Hall–Kier alpha value is -1.12. The summed E-state index contributed by atoms with van der Waals surface area (Å²) in [6, 6.07) is 0. The molecule has 3 nitrogen and oxygen atoms in total. The third-order valence-electron chi connectivity index (χ3n) is 2.50. The molecule has 1 rings (SSSR count). The second-order valence-electron chi connectivity index (χ2n) is 3.88. The number of cyclic esters (lactones) is 2. The number of hydrogen-bond acceptors (Lipinski definition) is 3. The number of hydrogen-bond donors (Lipinski definition) is 0. The lowest BCUT2D eigenvalue weighted by Crippen LogP contribution is -2.03. The average molecular weight is 210 g/mol.